The largest absolute Gasteiger partial charge is 0.354 e. The van der Waals surface area contributed by atoms with E-state index in [1.165, 1.54) is 10.3 Å². The van der Waals surface area contributed by atoms with Crippen LogP contribution in [0, 0.1) is 0 Å². The summed E-state index contributed by atoms with van der Waals surface area (Å²) < 4.78 is 0. The molecule has 0 aliphatic heterocycles. The number of aryl methyl sites for hydroxylation is 1. The van der Waals surface area contributed by atoms with E-state index in [2.05, 4.69) is 55.9 Å². The van der Waals surface area contributed by atoms with Gasteiger partial charge in [0.15, 0.2) is 0 Å². The lowest BCUT2D eigenvalue weighted by molar-refractivity contribution is 0.696. The van der Waals surface area contributed by atoms with Gasteiger partial charge in [-0.2, -0.15) is 4.98 Å². The Morgan fingerprint density at radius 3 is 2.55 bits per heavy atom. The number of fused-ring (bicyclic) bond motifs is 1. The van der Waals surface area contributed by atoms with Gasteiger partial charge in [0, 0.05) is 24.0 Å². The van der Waals surface area contributed by atoms with Crippen LogP contribution >= 0.6 is 11.3 Å². The monoisotopic (exact) mass is 292 g/mol. The predicted molar refractivity (Wildman–Crippen MR) is 89.1 cm³/mol. The molecular formula is C15H24N4S. The second-order valence-electron chi connectivity index (χ2n) is 5.07. The average Bonchev–Trinajstić information content (AvgIpc) is 2.82. The summed E-state index contributed by atoms with van der Waals surface area (Å²) >= 11 is 1.77. The number of nitrogens with one attached hydrogen (secondary N) is 1. The summed E-state index contributed by atoms with van der Waals surface area (Å²) in [6.07, 6.45) is 1.05. The minimum atomic E-state index is 0.428. The molecule has 0 spiro atoms. The van der Waals surface area contributed by atoms with Gasteiger partial charge in [-0.05, 0) is 40.2 Å². The summed E-state index contributed by atoms with van der Waals surface area (Å²) in [5.74, 6) is 1.79. The summed E-state index contributed by atoms with van der Waals surface area (Å²) in [7, 11) is 0. The Kier molecular flexibility index (Phi) is 4.81. The first kappa shape index (κ1) is 15.0. The van der Waals surface area contributed by atoms with Gasteiger partial charge in [0.1, 0.15) is 10.6 Å². The number of aromatic nitrogens is 2. The van der Waals surface area contributed by atoms with Gasteiger partial charge in [-0.3, -0.25) is 0 Å². The van der Waals surface area contributed by atoms with Crippen LogP contribution in [0.2, 0.25) is 0 Å². The quantitative estimate of drug-likeness (QED) is 0.876. The summed E-state index contributed by atoms with van der Waals surface area (Å²) in [6.45, 7) is 12.6. The lowest BCUT2D eigenvalue weighted by Crippen LogP contribution is -2.31. The van der Waals surface area contributed by atoms with E-state index in [9.17, 15) is 0 Å². The van der Waals surface area contributed by atoms with E-state index in [0.717, 1.165) is 36.1 Å². The molecule has 2 rings (SSSR count). The highest BCUT2D eigenvalue weighted by Crippen LogP contribution is 2.33. The third-order valence-electron chi connectivity index (χ3n) is 3.34. The van der Waals surface area contributed by atoms with Crippen molar-refractivity contribution >= 4 is 33.3 Å². The van der Waals surface area contributed by atoms with Crippen molar-refractivity contribution in [3.05, 3.63) is 10.9 Å². The molecule has 1 N–H and O–H groups in total. The molecule has 0 bridgehead atoms. The van der Waals surface area contributed by atoms with E-state index < -0.39 is 0 Å². The molecule has 0 radical (unpaired) electrons. The maximum absolute atomic E-state index is 4.74. The Labute approximate surface area is 125 Å². The van der Waals surface area contributed by atoms with Crippen LogP contribution in [-0.4, -0.2) is 29.1 Å². The third kappa shape index (κ3) is 2.87. The molecule has 0 aliphatic carbocycles. The molecule has 0 saturated heterocycles. The zero-order valence-electron chi connectivity index (χ0n) is 13.0. The fourth-order valence-corrected chi connectivity index (χ4v) is 3.31. The van der Waals surface area contributed by atoms with Gasteiger partial charge in [-0.15, -0.1) is 11.3 Å². The highest BCUT2D eigenvalue weighted by Gasteiger charge is 2.17. The van der Waals surface area contributed by atoms with Crippen LogP contribution in [0.5, 0.6) is 0 Å². The molecule has 20 heavy (non-hydrogen) atoms. The first-order valence-corrected chi connectivity index (χ1v) is 8.23. The summed E-state index contributed by atoms with van der Waals surface area (Å²) in [5, 5.41) is 4.43. The lowest BCUT2D eigenvalue weighted by Gasteiger charge is -2.27. The van der Waals surface area contributed by atoms with Gasteiger partial charge < -0.3 is 10.2 Å². The fourth-order valence-electron chi connectivity index (χ4n) is 2.35. The van der Waals surface area contributed by atoms with E-state index in [1.807, 2.05) is 0 Å². The highest BCUT2D eigenvalue weighted by molar-refractivity contribution is 7.18. The van der Waals surface area contributed by atoms with Gasteiger partial charge in [0.05, 0.1) is 5.39 Å². The second kappa shape index (κ2) is 6.39. The van der Waals surface area contributed by atoms with Crippen LogP contribution < -0.4 is 10.2 Å². The number of hydrogen-bond donors (Lipinski definition) is 1. The molecule has 0 saturated carbocycles. The Bertz CT molecular complexity index is 577. The van der Waals surface area contributed by atoms with Crippen LogP contribution in [-0.2, 0) is 6.42 Å². The molecule has 2 aromatic rings. The van der Waals surface area contributed by atoms with E-state index in [-0.39, 0.29) is 0 Å². The Morgan fingerprint density at radius 2 is 2.00 bits per heavy atom. The van der Waals surface area contributed by atoms with Crippen molar-refractivity contribution in [2.24, 2.45) is 0 Å². The third-order valence-corrected chi connectivity index (χ3v) is 4.52. The first-order valence-electron chi connectivity index (χ1n) is 7.41. The Morgan fingerprint density at radius 1 is 1.25 bits per heavy atom. The molecule has 0 aromatic carbocycles. The first-order chi connectivity index (χ1) is 9.60. The van der Waals surface area contributed by atoms with E-state index in [4.69, 9.17) is 4.98 Å². The van der Waals surface area contributed by atoms with Gasteiger partial charge >= 0.3 is 0 Å². The molecule has 2 heterocycles. The average molecular weight is 292 g/mol. The van der Waals surface area contributed by atoms with Gasteiger partial charge in [-0.1, -0.05) is 6.92 Å². The van der Waals surface area contributed by atoms with Crippen molar-refractivity contribution < 1.29 is 0 Å². The standard InChI is InChI=1S/C15H24N4S/c1-6-11-9-12-13(19(8-3)10(4)5)17-15(16-7-2)18-14(12)20-11/h9-10H,6-8H2,1-5H3,(H,16,17,18). The highest BCUT2D eigenvalue weighted by atomic mass is 32.1. The maximum atomic E-state index is 4.74. The lowest BCUT2D eigenvalue weighted by atomic mass is 10.2. The Balaban J connectivity index is 2.61. The van der Waals surface area contributed by atoms with Crippen LogP contribution in [0.4, 0.5) is 11.8 Å². The SMILES string of the molecule is CCNc1nc(N(CC)C(C)C)c2cc(CC)sc2n1. The molecule has 0 atom stereocenters. The van der Waals surface area contributed by atoms with Gasteiger partial charge in [0.25, 0.3) is 0 Å². The number of nitrogens with zero attached hydrogens (tertiary/aromatic N) is 3. The number of anilines is 2. The van der Waals surface area contributed by atoms with Crippen molar-refractivity contribution in [1.29, 1.82) is 0 Å². The van der Waals surface area contributed by atoms with Crippen molar-refractivity contribution in [2.75, 3.05) is 23.3 Å². The minimum Gasteiger partial charge on any atom is -0.354 e. The van der Waals surface area contributed by atoms with Crippen LogP contribution in [0.25, 0.3) is 10.2 Å². The molecule has 5 heteroatoms. The Hall–Kier alpha value is -1.36. The van der Waals surface area contributed by atoms with E-state index >= 15 is 0 Å². The molecule has 0 unspecified atom stereocenters. The number of thiophene rings is 1. The van der Waals surface area contributed by atoms with E-state index in [1.54, 1.807) is 11.3 Å². The molecule has 2 aromatic heterocycles. The van der Waals surface area contributed by atoms with Crippen molar-refractivity contribution in [3.8, 4) is 0 Å². The second-order valence-corrected chi connectivity index (χ2v) is 6.18. The molecule has 0 fully saturated rings. The molecule has 4 nitrogen and oxygen atoms in total. The summed E-state index contributed by atoms with van der Waals surface area (Å²) in [6, 6.07) is 2.67. The minimum absolute atomic E-state index is 0.428. The van der Waals surface area contributed by atoms with Crippen LogP contribution in [0.15, 0.2) is 6.07 Å². The molecular weight excluding hydrogens is 268 g/mol. The van der Waals surface area contributed by atoms with Crippen molar-refractivity contribution in [1.82, 2.24) is 9.97 Å². The maximum Gasteiger partial charge on any atom is 0.226 e. The van der Waals surface area contributed by atoms with E-state index in [0.29, 0.717) is 6.04 Å². The zero-order valence-corrected chi connectivity index (χ0v) is 13.8. The normalized spacial score (nSPS) is 11.3. The predicted octanol–water partition coefficient (Wildman–Crippen LogP) is 3.92. The topological polar surface area (TPSA) is 41.1 Å². The summed E-state index contributed by atoms with van der Waals surface area (Å²) in [4.78, 5) is 14.2. The molecule has 0 amide bonds. The zero-order chi connectivity index (χ0) is 14.7. The van der Waals surface area contributed by atoms with Gasteiger partial charge in [-0.25, -0.2) is 4.98 Å². The smallest absolute Gasteiger partial charge is 0.226 e. The van der Waals surface area contributed by atoms with Crippen molar-refractivity contribution in [2.45, 2.75) is 47.1 Å². The molecule has 110 valence electrons. The fraction of sp³-hybridized carbons (Fsp3) is 0.600. The van der Waals surface area contributed by atoms with Gasteiger partial charge in [0.2, 0.25) is 5.95 Å². The number of hydrogen-bond acceptors (Lipinski definition) is 5. The number of rotatable bonds is 6. The van der Waals surface area contributed by atoms with Crippen LogP contribution in [0.3, 0.4) is 0 Å². The molecule has 0 aliphatic rings. The summed E-state index contributed by atoms with van der Waals surface area (Å²) in [5.41, 5.74) is 0. The van der Waals surface area contributed by atoms with Crippen molar-refractivity contribution in [3.63, 3.8) is 0 Å². The van der Waals surface area contributed by atoms with Crippen LogP contribution in [0.1, 0.15) is 39.5 Å².